The van der Waals surface area contributed by atoms with E-state index in [9.17, 15) is 0 Å². The third-order valence-corrected chi connectivity index (χ3v) is 5.38. The molecule has 1 N–H and O–H groups in total. The third kappa shape index (κ3) is 3.28. The average molecular weight is 308 g/mol. The summed E-state index contributed by atoms with van der Waals surface area (Å²) >= 11 is 6.49. The number of benzene rings is 1. The van der Waals surface area contributed by atoms with Crippen LogP contribution in [0.15, 0.2) is 18.2 Å². The summed E-state index contributed by atoms with van der Waals surface area (Å²) in [5, 5.41) is 4.48. The van der Waals surface area contributed by atoms with Crippen LogP contribution in [0, 0.1) is 18.3 Å². The third-order valence-electron chi connectivity index (χ3n) is 5.03. The zero-order valence-corrected chi connectivity index (χ0v) is 13.9. The van der Waals surface area contributed by atoms with Crippen LogP contribution in [0.4, 0.5) is 0 Å². The number of hydrogen-bond acceptors (Lipinski definition) is 2. The van der Waals surface area contributed by atoms with Crippen LogP contribution in [0.25, 0.3) is 0 Å². The fourth-order valence-electron chi connectivity index (χ4n) is 3.73. The lowest BCUT2D eigenvalue weighted by Gasteiger charge is -2.35. The normalized spacial score (nSPS) is 29.0. The summed E-state index contributed by atoms with van der Waals surface area (Å²) in [7, 11) is 0. The molecule has 1 aromatic rings. The van der Waals surface area contributed by atoms with Gasteiger partial charge in [-0.05, 0) is 62.3 Å². The van der Waals surface area contributed by atoms with Gasteiger partial charge in [0.1, 0.15) is 0 Å². The molecule has 2 nitrogen and oxygen atoms in total. The van der Waals surface area contributed by atoms with Gasteiger partial charge in [-0.3, -0.25) is 0 Å². The van der Waals surface area contributed by atoms with Crippen LogP contribution >= 0.6 is 11.6 Å². The van der Waals surface area contributed by atoms with Gasteiger partial charge in [0.05, 0.1) is 6.10 Å². The Morgan fingerprint density at radius 2 is 2.19 bits per heavy atom. The summed E-state index contributed by atoms with van der Waals surface area (Å²) in [6, 6.07) is 6.46. The lowest BCUT2D eigenvalue weighted by atomic mass is 9.74. The molecule has 1 saturated carbocycles. The van der Waals surface area contributed by atoms with Crippen molar-refractivity contribution < 1.29 is 4.74 Å². The Bertz CT molecular complexity index is 500. The summed E-state index contributed by atoms with van der Waals surface area (Å²) in [5.41, 5.74) is 2.72. The van der Waals surface area contributed by atoms with Gasteiger partial charge in [-0.2, -0.15) is 0 Å². The van der Waals surface area contributed by atoms with E-state index >= 15 is 0 Å². The summed E-state index contributed by atoms with van der Waals surface area (Å²) in [5.74, 6) is 0.773. The molecular weight excluding hydrogens is 282 g/mol. The van der Waals surface area contributed by atoms with Crippen LogP contribution in [0.5, 0.6) is 0 Å². The Morgan fingerprint density at radius 3 is 2.86 bits per heavy atom. The molecule has 2 aliphatic rings. The second kappa shape index (κ2) is 6.28. The SMILES string of the molecule is CCNCC1(Cc2ccc(C)cc2Cl)CCOC1C1CC1. The van der Waals surface area contributed by atoms with E-state index in [1.165, 1.54) is 24.0 Å². The Balaban J connectivity index is 1.84. The first-order valence-electron chi connectivity index (χ1n) is 8.22. The van der Waals surface area contributed by atoms with Gasteiger partial charge < -0.3 is 10.1 Å². The Labute approximate surface area is 133 Å². The number of rotatable bonds is 6. The molecule has 21 heavy (non-hydrogen) atoms. The van der Waals surface area contributed by atoms with Gasteiger partial charge in [0.15, 0.2) is 0 Å². The van der Waals surface area contributed by atoms with Crippen LogP contribution in [0.2, 0.25) is 5.02 Å². The maximum atomic E-state index is 6.49. The molecule has 1 heterocycles. The molecule has 2 fully saturated rings. The zero-order valence-electron chi connectivity index (χ0n) is 13.1. The van der Waals surface area contributed by atoms with Gasteiger partial charge in [0.25, 0.3) is 0 Å². The summed E-state index contributed by atoms with van der Waals surface area (Å²) < 4.78 is 6.14. The average Bonchev–Trinajstić information content (AvgIpc) is 3.22. The minimum Gasteiger partial charge on any atom is -0.377 e. The Hall–Kier alpha value is -0.570. The molecule has 2 atom stereocenters. The highest BCUT2D eigenvalue weighted by Crippen LogP contribution is 2.49. The van der Waals surface area contributed by atoms with Crippen molar-refractivity contribution in [1.29, 1.82) is 0 Å². The maximum absolute atomic E-state index is 6.49. The predicted octanol–water partition coefficient (Wildman–Crippen LogP) is 3.99. The first-order chi connectivity index (χ1) is 10.1. The molecular formula is C18H26ClNO. The van der Waals surface area contributed by atoms with E-state index < -0.39 is 0 Å². The van der Waals surface area contributed by atoms with Crippen LogP contribution in [-0.2, 0) is 11.2 Å². The molecule has 3 rings (SSSR count). The second-order valence-corrected chi connectivity index (χ2v) is 7.20. The van der Waals surface area contributed by atoms with Crippen molar-refractivity contribution in [3.05, 3.63) is 34.3 Å². The second-order valence-electron chi connectivity index (χ2n) is 6.79. The molecule has 0 bridgehead atoms. The van der Waals surface area contributed by atoms with E-state index in [4.69, 9.17) is 16.3 Å². The fourth-order valence-corrected chi connectivity index (χ4v) is 4.03. The molecule has 0 radical (unpaired) electrons. The van der Waals surface area contributed by atoms with E-state index in [1.54, 1.807) is 0 Å². The molecule has 1 aliphatic heterocycles. The van der Waals surface area contributed by atoms with Crippen molar-refractivity contribution in [1.82, 2.24) is 5.32 Å². The van der Waals surface area contributed by atoms with Crippen molar-refractivity contribution in [3.63, 3.8) is 0 Å². The molecule has 116 valence electrons. The number of nitrogens with one attached hydrogen (secondary N) is 1. The van der Waals surface area contributed by atoms with Crippen molar-refractivity contribution >= 4 is 11.6 Å². The standard InChI is InChI=1S/C18H26ClNO/c1-3-20-12-18(8-9-21-17(18)14-6-7-14)11-15-5-4-13(2)10-16(15)19/h4-5,10,14,17,20H,3,6-9,11-12H2,1-2H3. The fraction of sp³-hybridized carbons (Fsp3) is 0.667. The lowest BCUT2D eigenvalue weighted by Crippen LogP contribution is -2.43. The smallest absolute Gasteiger partial charge is 0.0675 e. The monoisotopic (exact) mass is 307 g/mol. The highest BCUT2D eigenvalue weighted by Gasteiger charge is 2.50. The van der Waals surface area contributed by atoms with Gasteiger partial charge in [0.2, 0.25) is 0 Å². The zero-order chi connectivity index (χ0) is 14.9. The van der Waals surface area contributed by atoms with Crippen molar-refractivity contribution in [3.8, 4) is 0 Å². The Kier molecular flexibility index (Phi) is 4.58. The van der Waals surface area contributed by atoms with E-state index in [2.05, 4.69) is 37.4 Å². The topological polar surface area (TPSA) is 21.3 Å². The first kappa shape index (κ1) is 15.3. The number of aryl methyl sites for hydroxylation is 1. The molecule has 1 saturated heterocycles. The molecule has 3 heteroatoms. The largest absolute Gasteiger partial charge is 0.377 e. The maximum Gasteiger partial charge on any atom is 0.0675 e. The Morgan fingerprint density at radius 1 is 1.38 bits per heavy atom. The van der Waals surface area contributed by atoms with Crippen LogP contribution in [0.1, 0.15) is 37.3 Å². The lowest BCUT2D eigenvalue weighted by molar-refractivity contribution is 0.0309. The highest BCUT2D eigenvalue weighted by molar-refractivity contribution is 6.31. The minimum absolute atomic E-state index is 0.218. The number of halogens is 1. The molecule has 1 aliphatic carbocycles. The van der Waals surface area contributed by atoms with Gasteiger partial charge in [-0.25, -0.2) is 0 Å². The van der Waals surface area contributed by atoms with Crippen LogP contribution in [-0.4, -0.2) is 25.8 Å². The van der Waals surface area contributed by atoms with E-state index in [1.807, 2.05) is 0 Å². The minimum atomic E-state index is 0.218. The van der Waals surface area contributed by atoms with Gasteiger partial charge in [-0.1, -0.05) is 30.7 Å². The molecule has 0 amide bonds. The van der Waals surface area contributed by atoms with Crippen LogP contribution < -0.4 is 5.32 Å². The van der Waals surface area contributed by atoms with Crippen LogP contribution in [0.3, 0.4) is 0 Å². The predicted molar refractivity (Wildman–Crippen MR) is 88.0 cm³/mol. The first-order valence-corrected chi connectivity index (χ1v) is 8.60. The summed E-state index contributed by atoms with van der Waals surface area (Å²) in [6.07, 6.45) is 5.25. The van der Waals surface area contributed by atoms with Crippen molar-refractivity contribution in [2.75, 3.05) is 19.7 Å². The summed E-state index contributed by atoms with van der Waals surface area (Å²) in [6.45, 7) is 7.22. The van der Waals surface area contributed by atoms with E-state index in [-0.39, 0.29) is 5.41 Å². The van der Waals surface area contributed by atoms with Gasteiger partial charge in [-0.15, -0.1) is 0 Å². The van der Waals surface area contributed by atoms with E-state index in [0.717, 1.165) is 43.5 Å². The number of ether oxygens (including phenoxy) is 1. The molecule has 2 unspecified atom stereocenters. The molecule has 1 aromatic carbocycles. The highest BCUT2D eigenvalue weighted by atomic mass is 35.5. The molecule has 0 spiro atoms. The molecule has 0 aromatic heterocycles. The number of hydrogen-bond donors (Lipinski definition) is 1. The van der Waals surface area contributed by atoms with Gasteiger partial charge in [0, 0.05) is 23.6 Å². The van der Waals surface area contributed by atoms with Crippen molar-refractivity contribution in [2.45, 2.75) is 45.6 Å². The van der Waals surface area contributed by atoms with E-state index in [0.29, 0.717) is 6.10 Å². The quantitative estimate of drug-likeness (QED) is 0.858. The summed E-state index contributed by atoms with van der Waals surface area (Å²) in [4.78, 5) is 0. The van der Waals surface area contributed by atoms with Crippen molar-refractivity contribution in [2.24, 2.45) is 11.3 Å². The van der Waals surface area contributed by atoms with Gasteiger partial charge >= 0.3 is 0 Å².